The topological polar surface area (TPSA) is 119 Å². The minimum atomic E-state index is -0.492. The summed E-state index contributed by atoms with van der Waals surface area (Å²) < 4.78 is 17.8. The molecule has 44 heavy (non-hydrogen) atoms. The number of methoxy groups -OCH3 is 1. The lowest BCUT2D eigenvalue weighted by atomic mass is 9.98. The van der Waals surface area contributed by atoms with Gasteiger partial charge < -0.3 is 29.7 Å². The molecule has 10 heteroatoms. The van der Waals surface area contributed by atoms with E-state index in [2.05, 4.69) is 15.6 Å². The van der Waals surface area contributed by atoms with Gasteiger partial charge in [0.1, 0.15) is 23.4 Å². The summed E-state index contributed by atoms with van der Waals surface area (Å²) in [6.45, 7) is 0.923. The van der Waals surface area contributed by atoms with Gasteiger partial charge in [-0.3, -0.25) is 19.4 Å². The lowest BCUT2D eigenvalue weighted by Gasteiger charge is -2.39. The van der Waals surface area contributed by atoms with Crippen LogP contribution in [0.25, 0.3) is 11.1 Å². The third kappa shape index (κ3) is 6.49. The molecule has 0 saturated carbocycles. The normalized spacial score (nSPS) is 18.5. The summed E-state index contributed by atoms with van der Waals surface area (Å²) in [6, 6.07) is 22.8. The first-order chi connectivity index (χ1) is 21.5. The number of pyridine rings is 1. The number of piperidine rings is 1. The van der Waals surface area contributed by atoms with Crippen molar-refractivity contribution >= 4 is 17.7 Å². The molecule has 1 fully saturated rings. The first kappa shape index (κ1) is 28.7. The largest absolute Gasteiger partial charge is 0.496 e. The van der Waals surface area contributed by atoms with Crippen LogP contribution in [-0.4, -0.2) is 66.6 Å². The number of rotatable bonds is 2. The molecular formula is C34H32N4O6. The highest BCUT2D eigenvalue weighted by molar-refractivity contribution is 5.97. The Hall–Kier alpha value is -5.38. The van der Waals surface area contributed by atoms with Gasteiger partial charge in [-0.2, -0.15) is 0 Å². The van der Waals surface area contributed by atoms with Gasteiger partial charge in [-0.1, -0.05) is 24.3 Å². The Morgan fingerprint density at radius 3 is 2.57 bits per heavy atom. The van der Waals surface area contributed by atoms with E-state index < -0.39 is 6.04 Å². The number of likely N-dealkylation sites (tertiary alicyclic amines) is 1. The summed E-state index contributed by atoms with van der Waals surface area (Å²) in [6.07, 6.45) is 3.30. The molecule has 3 aliphatic rings. The lowest BCUT2D eigenvalue weighted by molar-refractivity contribution is -0.123. The van der Waals surface area contributed by atoms with Crippen molar-refractivity contribution in [2.75, 3.05) is 26.8 Å². The Bertz CT molecular complexity index is 1660. The summed E-state index contributed by atoms with van der Waals surface area (Å²) in [4.78, 5) is 45.3. The van der Waals surface area contributed by atoms with Gasteiger partial charge in [0.2, 0.25) is 0 Å². The second kappa shape index (κ2) is 12.9. The fourth-order valence-corrected chi connectivity index (χ4v) is 5.41. The number of benzene rings is 3. The first-order valence-corrected chi connectivity index (χ1v) is 14.4. The number of nitrogens with zero attached hydrogens (tertiary/aromatic N) is 2. The number of aromatic nitrogens is 1. The van der Waals surface area contributed by atoms with E-state index in [0.717, 1.165) is 11.1 Å². The number of fused-ring (bicyclic) bond motifs is 7. The fourth-order valence-electron chi connectivity index (χ4n) is 5.41. The van der Waals surface area contributed by atoms with Crippen LogP contribution in [0, 0.1) is 0 Å². The molecule has 0 unspecified atom stereocenters. The predicted molar refractivity (Wildman–Crippen MR) is 163 cm³/mol. The van der Waals surface area contributed by atoms with Gasteiger partial charge in [-0.15, -0.1) is 0 Å². The Kier molecular flexibility index (Phi) is 8.40. The maximum absolute atomic E-state index is 13.7. The molecule has 1 saturated heterocycles. The van der Waals surface area contributed by atoms with Crippen LogP contribution in [0.15, 0.2) is 91.3 Å². The van der Waals surface area contributed by atoms with Crippen molar-refractivity contribution in [3.05, 3.63) is 108 Å². The first-order valence-electron chi connectivity index (χ1n) is 14.4. The van der Waals surface area contributed by atoms with Gasteiger partial charge in [-0.25, -0.2) is 0 Å². The van der Waals surface area contributed by atoms with Crippen molar-refractivity contribution in [2.45, 2.75) is 25.1 Å². The molecule has 4 heterocycles. The minimum Gasteiger partial charge on any atom is -0.496 e. The van der Waals surface area contributed by atoms with E-state index in [1.807, 2.05) is 36.4 Å². The monoisotopic (exact) mass is 592 g/mol. The molecule has 6 bridgehead atoms. The molecule has 224 valence electrons. The van der Waals surface area contributed by atoms with Gasteiger partial charge >= 0.3 is 0 Å². The average Bonchev–Trinajstić information content (AvgIpc) is 3.07. The van der Waals surface area contributed by atoms with E-state index in [1.54, 1.807) is 66.9 Å². The molecule has 7 rings (SSSR count). The number of amides is 3. The fraction of sp³-hybridized carbons (Fsp3) is 0.235. The number of carbonyl (C=O) groups excluding carboxylic acids is 3. The van der Waals surface area contributed by atoms with Crippen molar-refractivity contribution in [1.29, 1.82) is 0 Å². The number of nitrogens with one attached hydrogen (secondary N) is 2. The maximum atomic E-state index is 13.7. The smallest absolute Gasteiger partial charge is 0.258 e. The van der Waals surface area contributed by atoms with E-state index in [9.17, 15) is 14.4 Å². The van der Waals surface area contributed by atoms with Crippen molar-refractivity contribution in [3.8, 4) is 28.4 Å². The summed E-state index contributed by atoms with van der Waals surface area (Å²) in [7, 11) is 1.57. The molecule has 10 nitrogen and oxygen atoms in total. The third-order valence-corrected chi connectivity index (χ3v) is 7.76. The second-order valence-corrected chi connectivity index (χ2v) is 10.7. The number of hydrogen-bond donors (Lipinski definition) is 2. The molecule has 3 amide bonds. The molecular weight excluding hydrogens is 560 g/mol. The Morgan fingerprint density at radius 2 is 1.77 bits per heavy atom. The Balaban J connectivity index is 1.34. The standard InChI is InChI=1S/C34H32N4O6/c1-42-30-10-7-25-18-28(30)24-3-2-4-27(17-24)43-21-32(39)36-19-22-5-8-26(9-6-22)44-31-13-16-38(20-29(31)37-33(25)40)34(41)23-11-14-35-15-12-23/h2-12,14-15,17-18,29,31H,13,16,19-21H2,1H3,(H,36,39)(H,37,40)/t29-,31-/m1/s1. The molecule has 3 aromatic carbocycles. The molecule has 1 aromatic heterocycles. The molecule has 2 N–H and O–H groups in total. The van der Waals surface area contributed by atoms with Gasteiger partial charge in [-0.05, 0) is 65.7 Å². The zero-order valence-corrected chi connectivity index (χ0v) is 24.2. The van der Waals surface area contributed by atoms with Crippen molar-refractivity contribution in [1.82, 2.24) is 20.5 Å². The quantitative estimate of drug-likeness (QED) is 0.363. The number of ether oxygens (including phenoxy) is 3. The lowest BCUT2D eigenvalue weighted by Crippen LogP contribution is -2.58. The second-order valence-electron chi connectivity index (χ2n) is 10.7. The highest BCUT2D eigenvalue weighted by atomic mass is 16.5. The Labute approximate surface area is 255 Å². The number of hydrogen-bond acceptors (Lipinski definition) is 7. The molecule has 0 aliphatic carbocycles. The van der Waals surface area contributed by atoms with E-state index in [0.29, 0.717) is 53.4 Å². The number of carbonyl (C=O) groups is 3. The average molecular weight is 593 g/mol. The van der Waals surface area contributed by atoms with Crippen molar-refractivity contribution in [3.63, 3.8) is 0 Å². The van der Waals surface area contributed by atoms with Crippen LogP contribution in [0.3, 0.4) is 0 Å². The highest BCUT2D eigenvalue weighted by Gasteiger charge is 2.35. The third-order valence-electron chi connectivity index (χ3n) is 7.76. The molecule has 0 spiro atoms. The van der Waals surface area contributed by atoms with Gasteiger partial charge in [0.15, 0.2) is 6.61 Å². The van der Waals surface area contributed by atoms with E-state index >= 15 is 0 Å². The summed E-state index contributed by atoms with van der Waals surface area (Å²) in [5, 5.41) is 6.02. The molecule has 2 atom stereocenters. The van der Waals surface area contributed by atoms with Gasteiger partial charge in [0.05, 0.1) is 13.2 Å². The summed E-state index contributed by atoms with van der Waals surface area (Å²) in [5.41, 5.74) is 3.30. The maximum Gasteiger partial charge on any atom is 0.258 e. The van der Waals surface area contributed by atoms with E-state index in [4.69, 9.17) is 14.2 Å². The minimum absolute atomic E-state index is 0.133. The van der Waals surface area contributed by atoms with Gasteiger partial charge in [0, 0.05) is 55.1 Å². The zero-order chi connectivity index (χ0) is 30.5. The van der Waals surface area contributed by atoms with Crippen LogP contribution in [0.4, 0.5) is 0 Å². The van der Waals surface area contributed by atoms with Crippen LogP contribution in [-0.2, 0) is 11.3 Å². The van der Waals surface area contributed by atoms with E-state index in [-0.39, 0.29) is 37.0 Å². The predicted octanol–water partition coefficient (Wildman–Crippen LogP) is 3.86. The highest BCUT2D eigenvalue weighted by Crippen LogP contribution is 2.33. The van der Waals surface area contributed by atoms with Crippen LogP contribution in [0.1, 0.15) is 32.7 Å². The summed E-state index contributed by atoms with van der Waals surface area (Å²) in [5.74, 6) is 1.02. The van der Waals surface area contributed by atoms with Crippen LogP contribution in [0.5, 0.6) is 17.2 Å². The van der Waals surface area contributed by atoms with Crippen LogP contribution in [0.2, 0.25) is 0 Å². The van der Waals surface area contributed by atoms with Crippen LogP contribution >= 0.6 is 0 Å². The molecule has 0 radical (unpaired) electrons. The van der Waals surface area contributed by atoms with Crippen LogP contribution < -0.4 is 24.8 Å². The van der Waals surface area contributed by atoms with Gasteiger partial charge in [0.25, 0.3) is 17.7 Å². The molecule has 4 aromatic rings. The SMILES string of the molecule is COc1ccc2cc1-c1cccc(c1)OCC(=O)NCc1ccc(cc1)O[C@@H]1CCN(C(=O)c3ccncc3)C[C@H]1NC2=O. The van der Waals surface area contributed by atoms with E-state index in [1.165, 1.54) is 0 Å². The summed E-state index contributed by atoms with van der Waals surface area (Å²) >= 11 is 0. The van der Waals surface area contributed by atoms with Crippen molar-refractivity contribution < 1.29 is 28.6 Å². The Morgan fingerprint density at radius 1 is 0.955 bits per heavy atom. The van der Waals surface area contributed by atoms with Crippen molar-refractivity contribution in [2.24, 2.45) is 0 Å². The molecule has 3 aliphatic heterocycles. The zero-order valence-electron chi connectivity index (χ0n) is 24.2.